The fraction of sp³-hybridized carbons (Fsp3) is 0.500. The van der Waals surface area contributed by atoms with Gasteiger partial charge in [0.15, 0.2) is 0 Å². The van der Waals surface area contributed by atoms with Crippen molar-refractivity contribution in [2.24, 2.45) is 0 Å². The molecule has 0 amide bonds. The van der Waals surface area contributed by atoms with Gasteiger partial charge in [0.1, 0.15) is 11.5 Å². The molecule has 4 heteroatoms. The van der Waals surface area contributed by atoms with Crippen LogP contribution in [0.4, 0.5) is 0 Å². The highest BCUT2D eigenvalue weighted by atomic mass is 32.1. The minimum atomic E-state index is 0.783. The quantitative estimate of drug-likeness (QED) is 0.759. The van der Waals surface area contributed by atoms with Crippen LogP contribution in [0.15, 0.2) is 12.4 Å². The third-order valence-corrected chi connectivity index (χ3v) is 2.32. The van der Waals surface area contributed by atoms with E-state index in [-0.39, 0.29) is 0 Å². The Morgan fingerprint density at radius 2 is 1.79 bits per heavy atom. The maximum absolute atomic E-state index is 5.22. The van der Waals surface area contributed by atoms with Crippen LogP contribution in [0.3, 0.4) is 0 Å². The first-order valence-electron chi connectivity index (χ1n) is 4.49. The number of nitrogens with zero attached hydrogens (tertiary/aromatic N) is 1. The Labute approximate surface area is 89.9 Å². The average Bonchev–Trinajstić information content (AvgIpc) is 2.25. The number of hydrogen-bond acceptors (Lipinski definition) is 4. The van der Waals surface area contributed by atoms with Crippen molar-refractivity contribution in [3.05, 3.63) is 18.0 Å². The van der Waals surface area contributed by atoms with Crippen LogP contribution < -0.4 is 9.47 Å². The Balaban J connectivity index is 2.93. The van der Waals surface area contributed by atoms with E-state index in [0.717, 1.165) is 35.7 Å². The summed E-state index contributed by atoms with van der Waals surface area (Å²) in [4.78, 5) is 4.03. The molecule has 14 heavy (non-hydrogen) atoms. The molecule has 0 radical (unpaired) electrons. The molecule has 0 aromatic carbocycles. The van der Waals surface area contributed by atoms with E-state index < -0.39 is 0 Å². The zero-order chi connectivity index (χ0) is 10.4. The number of methoxy groups -OCH3 is 2. The second kappa shape index (κ2) is 5.75. The Hall–Kier alpha value is -0.900. The summed E-state index contributed by atoms with van der Waals surface area (Å²) in [5.74, 6) is 2.42. The summed E-state index contributed by atoms with van der Waals surface area (Å²) < 4.78 is 10.4. The first-order valence-corrected chi connectivity index (χ1v) is 5.12. The highest BCUT2D eigenvalue weighted by Crippen LogP contribution is 2.27. The van der Waals surface area contributed by atoms with E-state index in [0.29, 0.717) is 0 Å². The maximum atomic E-state index is 5.22. The predicted molar refractivity (Wildman–Crippen MR) is 59.5 cm³/mol. The second-order valence-electron chi connectivity index (χ2n) is 2.85. The van der Waals surface area contributed by atoms with E-state index >= 15 is 0 Å². The smallest absolute Gasteiger partial charge is 0.144 e. The molecule has 0 atom stereocenters. The normalized spacial score (nSPS) is 9.93. The lowest BCUT2D eigenvalue weighted by Gasteiger charge is -2.11. The van der Waals surface area contributed by atoms with Gasteiger partial charge in [-0.25, -0.2) is 0 Å². The molecule has 78 valence electrons. The van der Waals surface area contributed by atoms with Crippen LogP contribution >= 0.6 is 12.6 Å². The van der Waals surface area contributed by atoms with Crippen LogP contribution in [0, 0.1) is 0 Å². The van der Waals surface area contributed by atoms with Gasteiger partial charge in [-0.2, -0.15) is 12.6 Å². The van der Waals surface area contributed by atoms with Crippen LogP contribution in [0.2, 0.25) is 0 Å². The van der Waals surface area contributed by atoms with Gasteiger partial charge in [-0.3, -0.25) is 4.98 Å². The highest BCUT2D eigenvalue weighted by molar-refractivity contribution is 7.80. The Kier molecular flexibility index (Phi) is 4.59. The van der Waals surface area contributed by atoms with E-state index in [1.165, 1.54) is 0 Å². The molecule has 0 spiro atoms. The van der Waals surface area contributed by atoms with E-state index in [4.69, 9.17) is 9.47 Å². The SMILES string of the molecule is COc1cncc(OC)c1CCCS. The van der Waals surface area contributed by atoms with Crippen LogP contribution in [-0.2, 0) is 6.42 Å². The lowest BCUT2D eigenvalue weighted by Crippen LogP contribution is -1.98. The van der Waals surface area contributed by atoms with Crippen molar-refractivity contribution >= 4 is 12.6 Å². The van der Waals surface area contributed by atoms with E-state index in [9.17, 15) is 0 Å². The van der Waals surface area contributed by atoms with Gasteiger partial charge in [-0.15, -0.1) is 0 Å². The number of rotatable bonds is 5. The first-order chi connectivity index (χ1) is 6.83. The molecule has 1 rings (SSSR count). The van der Waals surface area contributed by atoms with Gasteiger partial charge in [0, 0.05) is 5.56 Å². The molecule has 0 aliphatic carbocycles. The van der Waals surface area contributed by atoms with Gasteiger partial charge >= 0.3 is 0 Å². The standard InChI is InChI=1S/C10H15NO2S/c1-12-9-6-11-7-10(13-2)8(9)4-3-5-14/h6-7,14H,3-5H2,1-2H3. The van der Waals surface area contributed by atoms with Crippen molar-refractivity contribution < 1.29 is 9.47 Å². The molecule has 0 bridgehead atoms. The van der Waals surface area contributed by atoms with Crippen molar-refractivity contribution in [2.75, 3.05) is 20.0 Å². The van der Waals surface area contributed by atoms with E-state index in [1.54, 1.807) is 26.6 Å². The number of ether oxygens (including phenoxy) is 2. The molecular weight excluding hydrogens is 198 g/mol. The zero-order valence-electron chi connectivity index (χ0n) is 8.49. The average molecular weight is 213 g/mol. The number of thiol groups is 1. The molecule has 0 unspecified atom stereocenters. The van der Waals surface area contributed by atoms with E-state index in [2.05, 4.69) is 17.6 Å². The number of pyridine rings is 1. The lowest BCUT2D eigenvalue weighted by molar-refractivity contribution is 0.381. The van der Waals surface area contributed by atoms with Gasteiger partial charge in [0.25, 0.3) is 0 Å². The molecule has 3 nitrogen and oxygen atoms in total. The Bertz CT molecular complexity index is 269. The van der Waals surface area contributed by atoms with Gasteiger partial charge in [0.05, 0.1) is 26.6 Å². The summed E-state index contributed by atoms with van der Waals surface area (Å²) in [5.41, 5.74) is 1.07. The van der Waals surface area contributed by atoms with Gasteiger partial charge < -0.3 is 9.47 Å². The van der Waals surface area contributed by atoms with Crippen molar-refractivity contribution in [1.29, 1.82) is 0 Å². The van der Waals surface area contributed by atoms with Crippen molar-refractivity contribution in [3.8, 4) is 11.5 Å². The molecule has 0 aliphatic rings. The molecule has 0 saturated carbocycles. The van der Waals surface area contributed by atoms with Crippen LogP contribution in [0.25, 0.3) is 0 Å². The Morgan fingerprint density at radius 3 is 2.21 bits per heavy atom. The van der Waals surface area contributed by atoms with Crippen molar-refractivity contribution in [3.63, 3.8) is 0 Å². The monoisotopic (exact) mass is 213 g/mol. The van der Waals surface area contributed by atoms with Crippen LogP contribution in [-0.4, -0.2) is 25.0 Å². The molecule has 0 saturated heterocycles. The third kappa shape index (κ3) is 2.54. The van der Waals surface area contributed by atoms with Crippen molar-refractivity contribution in [1.82, 2.24) is 4.98 Å². The molecule has 0 N–H and O–H groups in total. The molecule has 1 heterocycles. The maximum Gasteiger partial charge on any atom is 0.144 e. The minimum absolute atomic E-state index is 0.783. The zero-order valence-corrected chi connectivity index (χ0v) is 9.38. The summed E-state index contributed by atoms with van der Waals surface area (Å²) >= 11 is 4.18. The predicted octanol–water partition coefficient (Wildman–Crippen LogP) is 1.96. The highest BCUT2D eigenvalue weighted by Gasteiger charge is 2.09. The lowest BCUT2D eigenvalue weighted by atomic mass is 10.1. The summed E-state index contributed by atoms with van der Waals surface area (Å²) in [5, 5.41) is 0. The molecule has 0 aliphatic heterocycles. The molecule has 1 aromatic heterocycles. The fourth-order valence-corrected chi connectivity index (χ4v) is 1.46. The third-order valence-electron chi connectivity index (χ3n) is 2.00. The summed E-state index contributed by atoms with van der Waals surface area (Å²) in [7, 11) is 3.28. The molecule has 0 fully saturated rings. The summed E-state index contributed by atoms with van der Waals surface area (Å²) in [6, 6.07) is 0. The van der Waals surface area contributed by atoms with Crippen LogP contribution in [0.1, 0.15) is 12.0 Å². The molecule has 1 aromatic rings. The second-order valence-corrected chi connectivity index (χ2v) is 3.30. The minimum Gasteiger partial charge on any atom is -0.495 e. The Morgan fingerprint density at radius 1 is 1.21 bits per heavy atom. The van der Waals surface area contributed by atoms with Gasteiger partial charge in [-0.05, 0) is 18.6 Å². The van der Waals surface area contributed by atoms with Gasteiger partial charge in [-0.1, -0.05) is 0 Å². The largest absolute Gasteiger partial charge is 0.495 e. The number of aromatic nitrogens is 1. The van der Waals surface area contributed by atoms with Crippen molar-refractivity contribution in [2.45, 2.75) is 12.8 Å². The fourth-order valence-electron chi connectivity index (χ4n) is 1.30. The van der Waals surface area contributed by atoms with Gasteiger partial charge in [0.2, 0.25) is 0 Å². The van der Waals surface area contributed by atoms with E-state index in [1.807, 2.05) is 0 Å². The topological polar surface area (TPSA) is 31.4 Å². The molecular formula is C10H15NO2S. The summed E-state index contributed by atoms with van der Waals surface area (Å²) in [6.07, 6.45) is 5.31. The number of hydrogen-bond donors (Lipinski definition) is 1. The summed E-state index contributed by atoms with van der Waals surface area (Å²) in [6.45, 7) is 0. The van der Waals surface area contributed by atoms with Crippen LogP contribution in [0.5, 0.6) is 11.5 Å². The first kappa shape index (κ1) is 11.2.